The lowest BCUT2D eigenvalue weighted by Crippen LogP contribution is -1.99. The van der Waals surface area contributed by atoms with Gasteiger partial charge in [-0.15, -0.1) is 21.5 Å². The number of thiophene rings is 1. The van der Waals surface area contributed by atoms with Crippen molar-refractivity contribution in [3.8, 4) is 0 Å². The molecule has 13 heavy (non-hydrogen) atoms. The summed E-state index contributed by atoms with van der Waals surface area (Å²) in [5.74, 6) is 0. The Kier molecular flexibility index (Phi) is 2.42. The standard InChI is InChI=1S/C7H8N4S2/c8-5-1-2-12-6(5)3-9-7-11-10-4-13-7/h1-2,4H,3,8H2,(H,9,11). The molecule has 3 N–H and O–H groups in total. The average Bonchev–Trinajstić information content (AvgIpc) is 2.72. The molecule has 2 heterocycles. The maximum Gasteiger partial charge on any atom is 0.205 e. The topological polar surface area (TPSA) is 63.8 Å². The SMILES string of the molecule is Nc1ccsc1CNc1nncs1. The average molecular weight is 212 g/mol. The van der Waals surface area contributed by atoms with E-state index in [0.29, 0.717) is 0 Å². The van der Waals surface area contributed by atoms with E-state index in [4.69, 9.17) is 5.73 Å². The van der Waals surface area contributed by atoms with E-state index < -0.39 is 0 Å². The number of nitrogens with zero attached hydrogens (tertiary/aromatic N) is 2. The number of hydrogen-bond acceptors (Lipinski definition) is 6. The van der Waals surface area contributed by atoms with Crippen molar-refractivity contribution in [1.82, 2.24) is 10.2 Å². The van der Waals surface area contributed by atoms with Gasteiger partial charge in [0.2, 0.25) is 5.13 Å². The van der Waals surface area contributed by atoms with E-state index in [-0.39, 0.29) is 0 Å². The Morgan fingerprint density at radius 3 is 3.00 bits per heavy atom. The predicted octanol–water partition coefficient (Wildman–Crippen LogP) is 1.79. The van der Waals surface area contributed by atoms with Crippen LogP contribution in [-0.2, 0) is 6.54 Å². The van der Waals surface area contributed by atoms with Gasteiger partial charge in [0.15, 0.2) is 0 Å². The molecule has 0 aliphatic carbocycles. The first-order valence-electron chi connectivity index (χ1n) is 3.68. The van der Waals surface area contributed by atoms with E-state index in [0.717, 1.165) is 22.2 Å². The number of aromatic nitrogens is 2. The highest BCUT2D eigenvalue weighted by Crippen LogP contribution is 2.20. The van der Waals surface area contributed by atoms with Gasteiger partial charge in [-0.1, -0.05) is 11.3 Å². The highest BCUT2D eigenvalue weighted by Gasteiger charge is 2.01. The van der Waals surface area contributed by atoms with E-state index in [1.165, 1.54) is 11.3 Å². The second-order valence-corrected chi connectivity index (χ2v) is 4.23. The lowest BCUT2D eigenvalue weighted by molar-refractivity contribution is 1.06. The summed E-state index contributed by atoms with van der Waals surface area (Å²) < 4.78 is 0. The fraction of sp³-hybridized carbons (Fsp3) is 0.143. The van der Waals surface area contributed by atoms with E-state index in [1.54, 1.807) is 16.8 Å². The van der Waals surface area contributed by atoms with E-state index in [2.05, 4.69) is 15.5 Å². The number of nitrogens with one attached hydrogen (secondary N) is 1. The van der Waals surface area contributed by atoms with Crippen molar-refractivity contribution in [3.05, 3.63) is 21.8 Å². The molecular formula is C7H8N4S2. The molecule has 0 aliphatic heterocycles. The molecule has 0 unspecified atom stereocenters. The van der Waals surface area contributed by atoms with Crippen LogP contribution in [0.3, 0.4) is 0 Å². The predicted molar refractivity (Wildman–Crippen MR) is 56.0 cm³/mol. The summed E-state index contributed by atoms with van der Waals surface area (Å²) in [6.45, 7) is 0.721. The molecule has 0 atom stereocenters. The quantitative estimate of drug-likeness (QED) is 0.814. The first-order valence-corrected chi connectivity index (χ1v) is 5.44. The molecule has 2 aromatic rings. The fourth-order valence-corrected chi connectivity index (χ4v) is 2.08. The van der Waals surface area contributed by atoms with Crippen LogP contribution in [0.2, 0.25) is 0 Å². The van der Waals surface area contributed by atoms with Crippen LogP contribution in [0.4, 0.5) is 10.8 Å². The molecule has 0 aliphatic rings. The number of nitrogens with two attached hydrogens (primary N) is 1. The summed E-state index contributed by atoms with van der Waals surface area (Å²) in [5.41, 5.74) is 8.25. The van der Waals surface area contributed by atoms with Crippen molar-refractivity contribution in [2.75, 3.05) is 11.1 Å². The molecule has 0 bridgehead atoms. The molecular weight excluding hydrogens is 204 g/mol. The van der Waals surface area contributed by atoms with Crippen molar-refractivity contribution in [3.63, 3.8) is 0 Å². The van der Waals surface area contributed by atoms with E-state index in [1.807, 2.05) is 11.4 Å². The Morgan fingerprint density at radius 1 is 1.46 bits per heavy atom. The molecule has 0 saturated carbocycles. The summed E-state index contributed by atoms with van der Waals surface area (Å²) in [4.78, 5) is 1.13. The molecule has 0 amide bonds. The zero-order valence-electron chi connectivity index (χ0n) is 6.73. The van der Waals surface area contributed by atoms with Gasteiger partial charge in [0.05, 0.1) is 6.54 Å². The summed E-state index contributed by atoms with van der Waals surface area (Å²) in [5, 5.41) is 13.5. The van der Waals surface area contributed by atoms with Crippen LogP contribution in [0.1, 0.15) is 4.88 Å². The third kappa shape index (κ3) is 1.96. The van der Waals surface area contributed by atoms with Gasteiger partial charge in [-0.3, -0.25) is 0 Å². The summed E-state index contributed by atoms with van der Waals surface area (Å²) >= 11 is 3.12. The minimum atomic E-state index is 0.721. The van der Waals surface area contributed by atoms with Gasteiger partial charge < -0.3 is 11.1 Å². The molecule has 4 nitrogen and oxygen atoms in total. The lowest BCUT2D eigenvalue weighted by Gasteiger charge is -1.99. The third-order valence-electron chi connectivity index (χ3n) is 1.54. The van der Waals surface area contributed by atoms with Crippen molar-refractivity contribution < 1.29 is 0 Å². The van der Waals surface area contributed by atoms with Crippen LogP contribution >= 0.6 is 22.7 Å². The van der Waals surface area contributed by atoms with Crippen molar-refractivity contribution >= 4 is 33.5 Å². The number of nitrogen functional groups attached to an aromatic ring is 1. The molecule has 68 valence electrons. The number of rotatable bonds is 3. The Balaban J connectivity index is 1.97. The monoisotopic (exact) mass is 212 g/mol. The Bertz CT molecular complexity index is 368. The Labute approximate surface area is 83.4 Å². The van der Waals surface area contributed by atoms with Gasteiger partial charge in [0.1, 0.15) is 5.51 Å². The van der Waals surface area contributed by atoms with Gasteiger partial charge in [-0.25, -0.2) is 0 Å². The first-order chi connectivity index (χ1) is 6.36. The Hall–Kier alpha value is -1.14. The zero-order chi connectivity index (χ0) is 9.10. The van der Waals surface area contributed by atoms with Crippen molar-refractivity contribution in [2.45, 2.75) is 6.54 Å². The molecule has 0 spiro atoms. The van der Waals surface area contributed by atoms with Crippen LogP contribution in [0.25, 0.3) is 0 Å². The zero-order valence-corrected chi connectivity index (χ0v) is 8.36. The molecule has 2 rings (SSSR count). The van der Waals surface area contributed by atoms with Crippen LogP contribution in [-0.4, -0.2) is 10.2 Å². The second-order valence-electron chi connectivity index (χ2n) is 2.40. The molecule has 0 fully saturated rings. The number of hydrogen-bond donors (Lipinski definition) is 2. The molecule has 6 heteroatoms. The van der Waals surface area contributed by atoms with Crippen LogP contribution in [0.5, 0.6) is 0 Å². The Morgan fingerprint density at radius 2 is 2.38 bits per heavy atom. The highest BCUT2D eigenvalue weighted by molar-refractivity contribution is 7.13. The molecule has 0 saturated heterocycles. The summed E-state index contributed by atoms with van der Waals surface area (Å²) in [6, 6.07) is 1.90. The molecule has 0 aromatic carbocycles. The van der Waals surface area contributed by atoms with E-state index >= 15 is 0 Å². The van der Waals surface area contributed by atoms with Crippen LogP contribution in [0, 0.1) is 0 Å². The summed E-state index contributed by atoms with van der Waals surface area (Å²) in [7, 11) is 0. The van der Waals surface area contributed by atoms with Crippen molar-refractivity contribution in [1.29, 1.82) is 0 Å². The van der Waals surface area contributed by atoms with Gasteiger partial charge in [-0.2, -0.15) is 0 Å². The minimum Gasteiger partial charge on any atom is -0.398 e. The van der Waals surface area contributed by atoms with Gasteiger partial charge >= 0.3 is 0 Å². The summed E-state index contributed by atoms with van der Waals surface area (Å²) in [6.07, 6.45) is 0. The normalized spacial score (nSPS) is 10.2. The first kappa shape index (κ1) is 8.46. The molecule has 2 aromatic heterocycles. The lowest BCUT2D eigenvalue weighted by atomic mass is 10.4. The van der Waals surface area contributed by atoms with Crippen molar-refractivity contribution in [2.24, 2.45) is 0 Å². The van der Waals surface area contributed by atoms with Gasteiger partial charge in [0, 0.05) is 10.6 Å². The fourth-order valence-electron chi connectivity index (χ4n) is 0.900. The van der Waals surface area contributed by atoms with E-state index in [9.17, 15) is 0 Å². The third-order valence-corrected chi connectivity index (χ3v) is 3.13. The smallest absolute Gasteiger partial charge is 0.205 e. The number of anilines is 2. The molecule has 0 radical (unpaired) electrons. The van der Waals surface area contributed by atoms with Gasteiger partial charge in [-0.05, 0) is 11.4 Å². The maximum atomic E-state index is 5.72. The minimum absolute atomic E-state index is 0.721. The largest absolute Gasteiger partial charge is 0.398 e. The van der Waals surface area contributed by atoms with Crippen LogP contribution < -0.4 is 11.1 Å². The van der Waals surface area contributed by atoms with Gasteiger partial charge in [0.25, 0.3) is 0 Å². The highest BCUT2D eigenvalue weighted by atomic mass is 32.1. The van der Waals surface area contributed by atoms with Crippen LogP contribution in [0.15, 0.2) is 17.0 Å². The second kappa shape index (κ2) is 3.71. The maximum absolute atomic E-state index is 5.72.